The molecule has 0 unspecified atom stereocenters. The van der Waals surface area contributed by atoms with Gasteiger partial charge in [0, 0.05) is 30.6 Å². The van der Waals surface area contributed by atoms with E-state index in [1.165, 1.54) is 6.08 Å². The van der Waals surface area contributed by atoms with Gasteiger partial charge in [-0.2, -0.15) is 0 Å². The summed E-state index contributed by atoms with van der Waals surface area (Å²) in [5.74, 6) is -0.347. The highest BCUT2D eigenvalue weighted by molar-refractivity contribution is 6.08. The second kappa shape index (κ2) is 6.89. The number of hydrogen-bond donors (Lipinski definition) is 0. The number of ether oxygens (including phenoxy) is 1. The van der Waals surface area contributed by atoms with Crippen LogP contribution in [0.5, 0.6) is 0 Å². The quantitative estimate of drug-likeness (QED) is 0.860. The van der Waals surface area contributed by atoms with Gasteiger partial charge in [0.05, 0.1) is 6.54 Å². The molecule has 0 fully saturated rings. The minimum absolute atomic E-state index is 0.0826. The second-order valence-corrected chi connectivity index (χ2v) is 6.60. The number of carbonyl (C=O) groups is 2. The van der Waals surface area contributed by atoms with E-state index in [1.807, 2.05) is 42.5 Å². The topological polar surface area (TPSA) is 59.5 Å². The van der Waals surface area contributed by atoms with Gasteiger partial charge in [0.15, 0.2) is 11.5 Å². The lowest BCUT2D eigenvalue weighted by molar-refractivity contribution is -0.129. The summed E-state index contributed by atoms with van der Waals surface area (Å²) in [6.45, 7) is 3.97. The van der Waals surface area contributed by atoms with Crippen LogP contribution in [-0.2, 0) is 20.9 Å². The number of pyridine rings is 1. The Morgan fingerprint density at radius 2 is 1.84 bits per heavy atom. The van der Waals surface area contributed by atoms with E-state index in [2.05, 4.69) is 4.98 Å². The maximum absolute atomic E-state index is 13.1. The van der Waals surface area contributed by atoms with Gasteiger partial charge in [-0.3, -0.25) is 14.6 Å². The maximum atomic E-state index is 13.1. The van der Waals surface area contributed by atoms with Gasteiger partial charge in [0.1, 0.15) is 5.60 Å². The molecule has 0 aliphatic carbocycles. The summed E-state index contributed by atoms with van der Waals surface area (Å²) < 4.78 is 5.78. The van der Waals surface area contributed by atoms with Gasteiger partial charge in [-0.25, -0.2) is 0 Å². The molecule has 1 aliphatic heterocycles. The minimum Gasteiger partial charge on any atom is -0.481 e. The number of anilines is 1. The van der Waals surface area contributed by atoms with Crippen LogP contribution in [0.2, 0.25) is 0 Å². The van der Waals surface area contributed by atoms with Crippen molar-refractivity contribution in [2.45, 2.75) is 32.4 Å². The third-order valence-electron chi connectivity index (χ3n) is 3.89. The molecule has 1 aromatic carbocycles. The SMILES string of the molecule is CC1(C)CC(=O)C=C(C(=O)N(Cc2ccncc2)c2ccccc2)O1. The van der Waals surface area contributed by atoms with Crippen molar-refractivity contribution < 1.29 is 14.3 Å². The first-order valence-electron chi connectivity index (χ1n) is 8.14. The molecule has 0 atom stereocenters. The van der Waals surface area contributed by atoms with E-state index in [4.69, 9.17) is 4.74 Å². The number of carbonyl (C=O) groups excluding carboxylic acids is 2. The van der Waals surface area contributed by atoms with E-state index in [0.717, 1.165) is 11.3 Å². The van der Waals surface area contributed by atoms with E-state index < -0.39 is 5.60 Å². The summed E-state index contributed by atoms with van der Waals surface area (Å²) in [6.07, 6.45) is 4.94. The normalized spacial score (nSPS) is 15.9. The number of benzene rings is 1. The van der Waals surface area contributed by atoms with Gasteiger partial charge in [-0.15, -0.1) is 0 Å². The molecule has 0 saturated heterocycles. The van der Waals surface area contributed by atoms with Gasteiger partial charge in [-0.05, 0) is 43.7 Å². The Labute approximate surface area is 146 Å². The largest absolute Gasteiger partial charge is 0.481 e. The van der Waals surface area contributed by atoms with E-state index >= 15 is 0 Å². The predicted octanol–water partition coefficient (Wildman–Crippen LogP) is 3.27. The van der Waals surface area contributed by atoms with Crippen LogP contribution >= 0.6 is 0 Å². The molecule has 1 aliphatic rings. The number of aromatic nitrogens is 1. The monoisotopic (exact) mass is 336 g/mol. The molecule has 5 nitrogen and oxygen atoms in total. The van der Waals surface area contributed by atoms with Crippen LogP contribution in [-0.4, -0.2) is 22.3 Å². The number of nitrogens with zero attached hydrogens (tertiary/aromatic N) is 2. The van der Waals surface area contributed by atoms with Gasteiger partial charge in [0.2, 0.25) is 0 Å². The minimum atomic E-state index is -0.685. The molecular formula is C20H20N2O3. The third-order valence-corrected chi connectivity index (χ3v) is 3.89. The summed E-state index contributed by atoms with van der Waals surface area (Å²) >= 11 is 0. The number of ketones is 1. The van der Waals surface area contributed by atoms with Crippen LogP contribution in [0.15, 0.2) is 66.7 Å². The first-order chi connectivity index (χ1) is 11.9. The fourth-order valence-corrected chi connectivity index (χ4v) is 2.78. The highest BCUT2D eigenvalue weighted by Gasteiger charge is 2.34. The lowest BCUT2D eigenvalue weighted by Crippen LogP contribution is -2.39. The van der Waals surface area contributed by atoms with E-state index in [0.29, 0.717) is 6.54 Å². The lowest BCUT2D eigenvalue weighted by Gasteiger charge is -2.32. The van der Waals surface area contributed by atoms with Crippen LogP contribution in [0.3, 0.4) is 0 Å². The lowest BCUT2D eigenvalue weighted by atomic mass is 9.98. The Bertz CT molecular complexity index is 798. The van der Waals surface area contributed by atoms with Crippen molar-refractivity contribution in [2.24, 2.45) is 0 Å². The highest BCUT2D eigenvalue weighted by Crippen LogP contribution is 2.28. The number of amides is 1. The van der Waals surface area contributed by atoms with Crippen LogP contribution in [0.25, 0.3) is 0 Å². The Kier molecular flexibility index (Phi) is 4.65. The van der Waals surface area contributed by atoms with Gasteiger partial charge < -0.3 is 9.64 Å². The fourth-order valence-electron chi connectivity index (χ4n) is 2.78. The van der Waals surface area contributed by atoms with Crippen molar-refractivity contribution in [3.05, 3.63) is 72.3 Å². The molecular weight excluding hydrogens is 316 g/mol. The number of hydrogen-bond acceptors (Lipinski definition) is 4. The molecule has 0 N–H and O–H groups in total. The zero-order valence-electron chi connectivity index (χ0n) is 14.3. The molecule has 128 valence electrons. The summed E-state index contributed by atoms with van der Waals surface area (Å²) in [6, 6.07) is 13.1. The summed E-state index contributed by atoms with van der Waals surface area (Å²) in [7, 11) is 0. The van der Waals surface area contributed by atoms with Crippen molar-refractivity contribution in [1.29, 1.82) is 0 Å². The molecule has 0 bridgehead atoms. The average molecular weight is 336 g/mol. The van der Waals surface area contributed by atoms with Crippen LogP contribution in [0.4, 0.5) is 5.69 Å². The van der Waals surface area contributed by atoms with Crippen LogP contribution in [0, 0.1) is 0 Å². The van der Waals surface area contributed by atoms with Crippen LogP contribution in [0.1, 0.15) is 25.8 Å². The Morgan fingerprint density at radius 1 is 1.16 bits per heavy atom. The zero-order chi connectivity index (χ0) is 17.9. The van der Waals surface area contributed by atoms with E-state index in [1.54, 1.807) is 31.1 Å². The average Bonchev–Trinajstić information content (AvgIpc) is 2.59. The fraction of sp³-hybridized carbons (Fsp3) is 0.250. The van der Waals surface area contributed by atoms with E-state index in [-0.39, 0.29) is 23.9 Å². The first-order valence-corrected chi connectivity index (χ1v) is 8.14. The Hall–Kier alpha value is -2.95. The Balaban J connectivity index is 1.94. The maximum Gasteiger partial charge on any atom is 0.293 e. The molecule has 2 aromatic rings. The number of allylic oxidation sites excluding steroid dienone is 1. The second-order valence-electron chi connectivity index (χ2n) is 6.60. The number of rotatable bonds is 4. The summed E-state index contributed by atoms with van der Waals surface area (Å²) in [4.78, 5) is 30.7. The van der Waals surface area contributed by atoms with Crippen molar-refractivity contribution in [1.82, 2.24) is 4.98 Å². The molecule has 0 spiro atoms. The van der Waals surface area contributed by atoms with Crippen molar-refractivity contribution >= 4 is 17.4 Å². The van der Waals surface area contributed by atoms with Crippen molar-refractivity contribution in [2.75, 3.05) is 4.90 Å². The van der Waals surface area contributed by atoms with E-state index in [9.17, 15) is 9.59 Å². The molecule has 5 heteroatoms. The van der Waals surface area contributed by atoms with Crippen LogP contribution < -0.4 is 4.90 Å². The molecule has 2 heterocycles. The third kappa shape index (κ3) is 4.12. The van der Waals surface area contributed by atoms with Gasteiger partial charge >= 0.3 is 0 Å². The summed E-state index contributed by atoms with van der Waals surface area (Å²) in [5.41, 5.74) is 0.995. The summed E-state index contributed by atoms with van der Waals surface area (Å²) in [5, 5.41) is 0. The standard InChI is InChI=1S/C20H20N2O3/c1-20(2)13-17(23)12-18(25-20)19(24)22(16-6-4-3-5-7-16)14-15-8-10-21-11-9-15/h3-12H,13-14H2,1-2H3. The molecule has 25 heavy (non-hydrogen) atoms. The molecule has 1 amide bonds. The smallest absolute Gasteiger partial charge is 0.293 e. The highest BCUT2D eigenvalue weighted by atomic mass is 16.5. The molecule has 3 rings (SSSR count). The van der Waals surface area contributed by atoms with Gasteiger partial charge in [0.25, 0.3) is 5.91 Å². The molecule has 0 radical (unpaired) electrons. The number of para-hydroxylation sites is 1. The zero-order valence-corrected chi connectivity index (χ0v) is 14.3. The van der Waals surface area contributed by atoms with Crippen molar-refractivity contribution in [3.8, 4) is 0 Å². The molecule has 0 saturated carbocycles. The first kappa shape index (κ1) is 16.9. The van der Waals surface area contributed by atoms with Gasteiger partial charge in [-0.1, -0.05) is 18.2 Å². The molecule has 1 aromatic heterocycles. The predicted molar refractivity (Wildman–Crippen MR) is 94.7 cm³/mol. The Morgan fingerprint density at radius 3 is 2.48 bits per heavy atom. The van der Waals surface area contributed by atoms with Crippen molar-refractivity contribution in [3.63, 3.8) is 0 Å².